The van der Waals surface area contributed by atoms with Crippen LogP contribution in [0.15, 0.2) is 24.3 Å². The van der Waals surface area contributed by atoms with Crippen LogP contribution in [0.4, 0.5) is 0 Å². The molecule has 0 aromatic heterocycles. The molecule has 0 radical (unpaired) electrons. The molecule has 4 heteroatoms. The van der Waals surface area contributed by atoms with E-state index in [2.05, 4.69) is 5.32 Å². The Hall–Kier alpha value is -0.610. The van der Waals surface area contributed by atoms with Crippen molar-refractivity contribution in [2.45, 2.75) is 12.2 Å². The molecule has 0 spiro atoms. The number of hydrogen-bond acceptors (Lipinski definition) is 3. The van der Waals surface area contributed by atoms with Gasteiger partial charge in [0, 0.05) is 23.6 Å². The molecular weight excluding hydrogens is 226 g/mol. The van der Waals surface area contributed by atoms with Crippen molar-refractivity contribution < 1.29 is 9.47 Å². The molecule has 1 heterocycles. The average molecular weight is 242 g/mol. The summed E-state index contributed by atoms with van der Waals surface area (Å²) in [4.78, 5) is 0. The second kappa shape index (κ2) is 5.15. The van der Waals surface area contributed by atoms with E-state index in [4.69, 9.17) is 21.1 Å². The van der Waals surface area contributed by atoms with Gasteiger partial charge >= 0.3 is 0 Å². The molecule has 1 saturated heterocycles. The maximum Gasteiger partial charge on any atom is 0.197 e. The summed E-state index contributed by atoms with van der Waals surface area (Å²) < 4.78 is 11.5. The lowest BCUT2D eigenvalue weighted by atomic mass is 10.0. The van der Waals surface area contributed by atoms with Gasteiger partial charge in [0.15, 0.2) is 5.79 Å². The highest BCUT2D eigenvalue weighted by Crippen LogP contribution is 2.38. The van der Waals surface area contributed by atoms with Crippen LogP contribution in [0.3, 0.4) is 0 Å². The third kappa shape index (κ3) is 2.23. The minimum absolute atomic E-state index is 0.620. The van der Waals surface area contributed by atoms with Gasteiger partial charge in [-0.3, -0.25) is 0 Å². The second-order valence-electron chi connectivity index (χ2n) is 3.78. The third-order valence-corrected chi connectivity index (χ3v) is 3.07. The number of nitrogens with one attached hydrogen (secondary N) is 1. The topological polar surface area (TPSA) is 30.5 Å². The Bertz CT molecular complexity index is 351. The van der Waals surface area contributed by atoms with E-state index in [-0.39, 0.29) is 0 Å². The largest absolute Gasteiger partial charge is 0.343 e. The Balaban J connectivity index is 2.28. The Kier molecular flexibility index (Phi) is 3.82. The lowest BCUT2D eigenvalue weighted by Gasteiger charge is -2.28. The molecule has 0 aliphatic carbocycles. The van der Waals surface area contributed by atoms with Crippen LogP contribution in [-0.2, 0) is 15.3 Å². The van der Waals surface area contributed by atoms with Crippen molar-refractivity contribution in [2.75, 3.05) is 26.8 Å². The SMILES string of the molecule is CNCCC1(c2ccccc2Cl)OCCO1. The number of halogens is 1. The van der Waals surface area contributed by atoms with Crippen molar-refractivity contribution in [2.24, 2.45) is 0 Å². The van der Waals surface area contributed by atoms with E-state index < -0.39 is 5.79 Å². The predicted octanol–water partition coefficient (Wildman–Crippen LogP) is 2.15. The van der Waals surface area contributed by atoms with Gasteiger partial charge in [-0.1, -0.05) is 29.8 Å². The molecule has 3 nitrogen and oxygen atoms in total. The first-order chi connectivity index (χ1) is 7.78. The molecule has 1 aliphatic rings. The molecule has 0 unspecified atom stereocenters. The molecule has 88 valence electrons. The minimum Gasteiger partial charge on any atom is -0.343 e. The lowest BCUT2D eigenvalue weighted by molar-refractivity contribution is -0.169. The molecule has 0 amide bonds. The lowest BCUT2D eigenvalue weighted by Crippen LogP contribution is -2.31. The second-order valence-corrected chi connectivity index (χ2v) is 4.19. The van der Waals surface area contributed by atoms with Crippen molar-refractivity contribution in [3.8, 4) is 0 Å². The van der Waals surface area contributed by atoms with E-state index in [0.717, 1.165) is 18.5 Å². The van der Waals surface area contributed by atoms with Crippen molar-refractivity contribution in [3.05, 3.63) is 34.9 Å². The van der Waals surface area contributed by atoms with Gasteiger partial charge in [-0.15, -0.1) is 0 Å². The molecule has 16 heavy (non-hydrogen) atoms. The molecular formula is C12H16ClNO2. The van der Waals surface area contributed by atoms with Crippen LogP contribution >= 0.6 is 11.6 Å². The van der Waals surface area contributed by atoms with Gasteiger partial charge in [-0.25, -0.2) is 0 Å². The standard InChI is InChI=1S/C12H16ClNO2/c1-14-7-6-12(15-8-9-16-12)10-4-2-3-5-11(10)13/h2-5,14H,6-9H2,1H3. The van der Waals surface area contributed by atoms with Crippen LogP contribution in [0.1, 0.15) is 12.0 Å². The fraction of sp³-hybridized carbons (Fsp3) is 0.500. The normalized spacial score (nSPS) is 18.9. The van der Waals surface area contributed by atoms with Crippen LogP contribution in [0.25, 0.3) is 0 Å². The molecule has 1 aliphatic heterocycles. The van der Waals surface area contributed by atoms with Gasteiger partial charge in [-0.05, 0) is 13.1 Å². The summed E-state index contributed by atoms with van der Waals surface area (Å²) in [6, 6.07) is 7.69. The first kappa shape index (κ1) is 11.9. The Labute approximate surface area is 101 Å². The summed E-state index contributed by atoms with van der Waals surface area (Å²) in [5, 5.41) is 3.80. The fourth-order valence-corrected chi connectivity index (χ4v) is 2.23. The number of benzene rings is 1. The molecule has 2 rings (SSSR count). The molecule has 1 aromatic carbocycles. The Morgan fingerprint density at radius 3 is 2.62 bits per heavy atom. The number of rotatable bonds is 4. The maximum atomic E-state index is 6.19. The molecule has 1 N–H and O–H groups in total. The highest BCUT2D eigenvalue weighted by Gasteiger charge is 2.39. The van der Waals surface area contributed by atoms with Crippen LogP contribution in [-0.4, -0.2) is 26.8 Å². The van der Waals surface area contributed by atoms with E-state index in [1.165, 1.54) is 0 Å². The van der Waals surface area contributed by atoms with E-state index >= 15 is 0 Å². The van der Waals surface area contributed by atoms with Gasteiger partial charge < -0.3 is 14.8 Å². The van der Waals surface area contributed by atoms with Crippen LogP contribution in [0.2, 0.25) is 5.02 Å². The molecule has 0 bridgehead atoms. The van der Waals surface area contributed by atoms with Gasteiger partial charge in [-0.2, -0.15) is 0 Å². The van der Waals surface area contributed by atoms with Crippen molar-refractivity contribution in [3.63, 3.8) is 0 Å². The summed E-state index contributed by atoms with van der Waals surface area (Å²) in [7, 11) is 1.91. The fourth-order valence-electron chi connectivity index (χ4n) is 1.95. The first-order valence-corrected chi connectivity index (χ1v) is 5.84. The highest BCUT2D eigenvalue weighted by molar-refractivity contribution is 6.31. The van der Waals surface area contributed by atoms with E-state index in [0.29, 0.717) is 18.2 Å². The van der Waals surface area contributed by atoms with Gasteiger partial charge in [0.2, 0.25) is 0 Å². The number of ether oxygens (including phenoxy) is 2. The summed E-state index contributed by atoms with van der Waals surface area (Å²) in [6.45, 7) is 2.06. The van der Waals surface area contributed by atoms with Crippen LogP contribution < -0.4 is 5.32 Å². The zero-order chi connectivity index (χ0) is 11.4. The van der Waals surface area contributed by atoms with Gasteiger partial charge in [0.1, 0.15) is 0 Å². The van der Waals surface area contributed by atoms with E-state index in [1.54, 1.807) is 0 Å². The molecule has 1 aromatic rings. The van der Waals surface area contributed by atoms with Crippen molar-refractivity contribution >= 4 is 11.6 Å². The molecule has 0 atom stereocenters. The summed E-state index contributed by atoms with van der Waals surface area (Å²) in [5.41, 5.74) is 0.921. The Morgan fingerprint density at radius 1 is 1.31 bits per heavy atom. The first-order valence-electron chi connectivity index (χ1n) is 5.46. The zero-order valence-corrected chi connectivity index (χ0v) is 10.1. The minimum atomic E-state index is -0.665. The van der Waals surface area contributed by atoms with Gasteiger partial charge in [0.05, 0.1) is 13.2 Å². The van der Waals surface area contributed by atoms with E-state index in [1.807, 2.05) is 31.3 Å². The van der Waals surface area contributed by atoms with Crippen molar-refractivity contribution in [1.82, 2.24) is 5.32 Å². The van der Waals surface area contributed by atoms with Crippen LogP contribution in [0, 0.1) is 0 Å². The van der Waals surface area contributed by atoms with Crippen LogP contribution in [0.5, 0.6) is 0 Å². The van der Waals surface area contributed by atoms with Gasteiger partial charge in [0.25, 0.3) is 0 Å². The average Bonchev–Trinajstić information content (AvgIpc) is 2.77. The molecule has 0 saturated carbocycles. The molecule has 1 fully saturated rings. The summed E-state index contributed by atoms with van der Waals surface area (Å²) >= 11 is 6.19. The van der Waals surface area contributed by atoms with Crippen molar-refractivity contribution in [1.29, 1.82) is 0 Å². The monoisotopic (exact) mass is 241 g/mol. The predicted molar refractivity (Wildman–Crippen MR) is 63.6 cm³/mol. The van der Waals surface area contributed by atoms with E-state index in [9.17, 15) is 0 Å². The Morgan fingerprint density at radius 2 is 2.00 bits per heavy atom. The summed E-state index contributed by atoms with van der Waals surface area (Å²) in [6.07, 6.45) is 0.757. The number of hydrogen-bond donors (Lipinski definition) is 1. The quantitative estimate of drug-likeness (QED) is 0.876. The summed E-state index contributed by atoms with van der Waals surface area (Å²) in [5.74, 6) is -0.665. The smallest absolute Gasteiger partial charge is 0.197 e. The maximum absolute atomic E-state index is 6.19. The zero-order valence-electron chi connectivity index (χ0n) is 9.33. The third-order valence-electron chi connectivity index (χ3n) is 2.74. The highest BCUT2D eigenvalue weighted by atomic mass is 35.5.